The Morgan fingerprint density at radius 3 is 2.86 bits per heavy atom. The van der Waals surface area contributed by atoms with Crippen LogP contribution in [0.1, 0.15) is 19.8 Å². The van der Waals surface area contributed by atoms with Crippen LogP contribution < -0.4 is 10.9 Å². The van der Waals surface area contributed by atoms with Crippen LogP contribution in [-0.2, 0) is 25.6 Å². The van der Waals surface area contributed by atoms with Crippen LogP contribution >= 0.6 is 23.4 Å². The molecule has 2 aromatic rings. The zero-order valence-electron chi connectivity index (χ0n) is 16.4. The molecule has 0 unspecified atom stereocenters. The number of halogens is 1. The summed E-state index contributed by atoms with van der Waals surface area (Å²) in [4.78, 5) is 40.7. The summed E-state index contributed by atoms with van der Waals surface area (Å²) in [6.45, 7) is 3.13. The maximum absolute atomic E-state index is 12.8. The Hall–Kier alpha value is -2.10. The van der Waals surface area contributed by atoms with E-state index in [-0.39, 0.29) is 29.6 Å². The van der Waals surface area contributed by atoms with Crippen molar-refractivity contribution >= 4 is 46.1 Å². The van der Waals surface area contributed by atoms with Crippen LogP contribution in [0, 0.1) is 0 Å². The number of benzene rings is 1. The van der Waals surface area contributed by atoms with Crippen molar-refractivity contribution in [2.75, 3.05) is 32.6 Å². The minimum atomic E-state index is -0.280. The van der Waals surface area contributed by atoms with Gasteiger partial charge in [-0.2, -0.15) is 0 Å². The Morgan fingerprint density at radius 2 is 2.14 bits per heavy atom. The molecule has 0 aliphatic heterocycles. The van der Waals surface area contributed by atoms with Gasteiger partial charge in [-0.25, -0.2) is 4.98 Å². The first kappa shape index (κ1) is 23.2. The molecule has 1 aromatic heterocycles. The fourth-order valence-electron chi connectivity index (χ4n) is 2.54. The minimum absolute atomic E-state index is 0.0882. The molecule has 0 atom stereocenters. The van der Waals surface area contributed by atoms with Crippen LogP contribution in [0.25, 0.3) is 10.9 Å². The Balaban J connectivity index is 2.03. The van der Waals surface area contributed by atoms with Crippen molar-refractivity contribution in [2.24, 2.45) is 0 Å². The predicted octanol–water partition coefficient (Wildman–Crippen LogP) is 2.25. The van der Waals surface area contributed by atoms with Gasteiger partial charge in [-0.15, -0.1) is 0 Å². The summed E-state index contributed by atoms with van der Waals surface area (Å²) in [5.41, 5.74) is 0.273. The molecule has 0 bridgehead atoms. The van der Waals surface area contributed by atoms with E-state index in [2.05, 4.69) is 10.3 Å². The van der Waals surface area contributed by atoms with E-state index in [0.29, 0.717) is 53.8 Å². The SMILES string of the molecule is CCOC(=O)CCCNC(=O)CSc1nc2cc(Cl)ccc2c(=O)n1CCOC. The number of nitrogens with one attached hydrogen (secondary N) is 1. The summed E-state index contributed by atoms with van der Waals surface area (Å²) in [7, 11) is 1.55. The van der Waals surface area contributed by atoms with Gasteiger partial charge in [0.05, 0.1) is 36.4 Å². The zero-order chi connectivity index (χ0) is 21.2. The molecule has 0 saturated carbocycles. The number of aromatic nitrogens is 2. The van der Waals surface area contributed by atoms with Gasteiger partial charge in [0.2, 0.25) is 5.91 Å². The molecular weight excluding hydrogens is 418 g/mol. The van der Waals surface area contributed by atoms with Crippen LogP contribution in [0.4, 0.5) is 0 Å². The zero-order valence-corrected chi connectivity index (χ0v) is 18.0. The van der Waals surface area contributed by atoms with Gasteiger partial charge in [-0.05, 0) is 31.5 Å². The summed E-state index contributed by atoms with van der Waals surface area (Å²) in [6.07, 6.45) is 0.755. The Bertz CT molecular complexity index is 919. The number of amides is 1. The molecule has 0 spiro atoms. The number of thioether (sulfide) groups is 1. The van der Waals surface area contributed by atoms with E-state index in [1.165, 1.54) is 4.57 Å². The lowest BCUT2D eigenvalue weighted by Gasteiger charge is -2.13. The highest BCUT2D eigenvalue weighted by Gasteiger charge is 2.14. The Morgan fingerprint density at radius 1 is 1.34 bits per heavy atom. The molecule has 1 N–H and O–H groups in total. The van der Waals surface area contributed by atoms with Gasteiger partial charge in [0.1, 0.15) is 0 Å². The molecule has 0 radical (unpaired) electrons. The summed E-state index contributed by atoms with van der Waals surface area (Å²) in [6, 6.07) is 4.91. The Labute approximate surface area is 177 Å². The molecule has 158 valence electrons. The first-order valence-corrected chi connectivity index (χ1v) is 10.6. The van der Waals surface area contributed by atoms with Crippen molar-refractivity contribution in [1.29, 1.82) is 0 Å². The third kappa shape index (κ3) is 7.02. The maximum atomic E-state index is 12.8. The average Bonchev–Trinajstić information content (AvgIpc) is 2.69. The van der Waals surface area contributed by atoms with Crippen LogP contribution in [0.3, 0.4) is 0 Å². The van der Waals surface area contributed by atoms with Gasteiger partial charge in [0, 0.05) is 25.1 Å². The molecule has 0 aliphatic rings. The van der Waals surface area contributed by atoms with Crippen molar-refractivity contribution in [3.8, 4) is 0 Å². The molecule has 10 heteroatoms. The first-order chi connectivity index (χ1) is 14.0. The van der Waals surface area contributed by atoms with Crippen LogP contribution in [-0.4, -0.2) is 54.0 Å². The molecule has 1 aromatic carbocycles. The summed E-state index contributed by atoms with van der Waals surface area (Å²) in [5, 5.41) is 4.10. The molecule has 1 amide bonds. The van der Waals surface area contributed by atoms with Crippen molar-refractivity contribution in [3.05, 3.63) is 33.6 Å². The number of hydrogen-bond donors (Lipinski definition) is 1. The van der Waals surface area contributed by atoms with Gasteiger partial charge >= 0.3 is 5.97 Å². The average molecular weight is 442 g/mol. The van der Waals surface area contributed by atoms with Gasteiger partial charge in [-0.1, -0.05) is 23.4 Å². The topological polar surface area (TPSA) is 99.5 Å². The number of carbonyl (C=O) groups excluding carboxylic acids is 2. The summed E-state index contributed by atoms with van der Waals surface area (Å²) >= 11 is 7.18. The van der Waals surface area contributed by atoms with E-state index in [1.54, 1.807) is 32.2 Å². The van der Waals surface area contributed by atoms with Gasteiger partial charge in [0.15, 0.2) is 5.16 Å². The molecule has 0 aliphatic carbocycles. The smallest absolute Gasteiger partial charge is 0.305 e. The highest BCUT2D eigenvalue weighted by atomic mass is 35.5. The lowest BCUT2D eigenvalue weighted by molar-refractivity contribution is -0.143. The number of esters is 1. The van der Waals surface area contributed by atoms with Crippen molar-refractivity contribution < 1.29 is 19.1 Å². The van der Waals surface area contributed by atoms with Crippen molar-refractivity contribution in [2.45, 2.75) is 31.5 Å². The first-order valence-electron chi connectivity index (χ1n) is 9.20. The van der Waals surface area contributed by atoms with E-state index >= 15 is 0 Å². The standard InChI is InChI=1S/C19H24ClN3O5S/c1-3-28-17(25)5-4-8-21-16(24)12-29-19-22-15-11-13(20)6-7-14(15)18(26)23(19)9-10-27-2/h6-7,11H,3-5,8-10,12H2,1-2H3,(H,21,24). The lowest BCUT2D eigenvalue weighted by atomic mass is 10.2. The van der Waals surface area contributed by atoms with E-state index in [0.717, 1.165) is 11.8 Å². The fraction of sp³-hybridized carbons (Fsp3) is 0.474. The third-order valence-corrected chi connectivity index (χ3v) is 5.13. The lowest BCUT2D eigenvalue weighted by Crippen LogP contribution is -2.28. The minimum Gasteiger partial charge on any atom is -0.466 e. The van der Waals surface area contributed by atoms with E-state index in [4.69, 9.17) is 21.1 Å². The van der Waals surface area contributed by atoms with Gasteiger partial charge < -0.3 is 14.8 Å². The number of fused-ring (bicyclic) bond motifs is 1. The quantitative estimate of drug-likeness (QED) is 0.247. The third-order valence-electron chi connectivity index (χ3n) is 3.92. The number of nitrogens with zero attached hydrogens (tertiary/aromatic N) is 2. The fourth-order valence-corrected chi connectivity index (χ4v) is 3.56. The normalized spacial score (nSPS) is 10.9. The number of methoxy groups -OCH3 is 1. The van der Waals surface area contributed by atoms with Crippen LogP contribution in [0.15, 0.2) is 28.2 Å². The molecule has 0 saturated heterocycles. The van der Waals surface area contributed by atoms with Crippen LogP contribution in [0.5, 0.6) is 0 Å². The summed E-state index contributed by atoms with van der Waals surface area (Å²) in [5.74, 6) is -0.403. The molecule has 2 rings (SSSR count). The van der Waals surface area contributed by atoms with Crippen LogP contribution in [0.2, 0.25) is 5.02 Å². The number of hydrogen-bond acceptors (Lipinski definition) is 7. The second-order valence-electron chi connectivity index (χ2n) is 6.05. The molecule has 0 fully saturated rings. The molecule has 8 nitrogen and oxygen atoms in total. The Kier molecular flexibility index (Phi) is 9.43. The van der Waals surface area contributed by atoms with E-state index in [9.17, 15) is 14.4 Å². The molecule has 29 heavy (non-hydrogen) atoms. The van der Waals surface area contributed by atoms with Crippen molar-refractivity contribution in [3.63, 3.8) is 0 Å². The number of carbonyl (C=O) groups is 2. The molecule has 1 heterocycles. The van der Waals surface area contributed by atoms with E-state index < -0.39 is 0 Å². The second-order valence-corrected chi connectivity index (χ2v) is 7.43. The van der Waals surface area contributed by atoms with Gasteiger partial charge in [-0.3, -0.25) is 19.0 Å². The van der Waals surface area contributed by atoms with Gasteiger partial charge in [0.25, 0.3) is 5.56 Å². The molecular formula is C19H24ClN3O5S. The highest BCUT2D eigenvalue weighted by Crippen LogP contribution is 2.20. The van der Waals surface area contributed by atoms with Crippen molar-refractivity contribution in [1.82, 2.24) is 14.9 Å². The number of rotatable bonds is 11. The number of ether oxygens (including phenoxy) is 2. The highest BCUT2D eigenvalue weighted by molar-refractivity contribution is 7.99. The monoisotopic (exact) mass is 441 g/mol. The predicted molar refractivity (Wildman–Crippen MR) is 112 cm³/mol. The maximum Gasteiger partial charge on any atom is 0.305 e. The van der Waals surface area contributed by atoms with E-state index in [1.807, 2.05) is 0 Å². The largest absolute Gasteiger partial charge is 0.466 e. The summed E-state index contributed by atoms with van der Waals surface area (Å²) < 4.78 is 11.4. The second kappa shape index (κ2) is 11.8.